The van der Waals surface area contributed by atoms with Crippen LogP contribution >= 0.6 is 0 Å². The Morgan fingerprint density at radius 1 is 1.37 bits per heavy atom. The maximum atomic E-state index is 11.3. The van der Waals surface area contributed by atoms with Crippen LogP contribution in [0.3, 0.4) is 0 Å². The van der Waals surface area contributed by atoms with Gasteiger partial charge >= 0.3 is 0 Å². The first kappa shape index (κ1) is 13.3. The highest BCUT2D eigenvalue weighted by molar-refractivity contribution is 5.85. The topological polar surface area (TPSA) is 71.2 Å². The number of pyridine rings is 1. The fraction of sp³-hybridized carbons (Fsp3) is 0.286. The second-order valence-electron chi connectivity index (χ2n) is 4.53. The molecular formula is C14H18N4O. The molecule has 0 unspecified atom stereocenters. The molecule has 2 rings (SSSR count). The second-order valence-corrected chi connectivity index (χ2v) is 4.53. The van der Waals surface area contributed by atoms with Gasteiger partial charge in [-0.15, -0.1) is 0 Å². The first-order chi connectivity index (χ1) is 9.11. The van der Waals surface area contributed by atoms with Crippen molar-refractivity contribution in [1.82, 2.24) is 10.3 Å². The quantitative estimate of drug-likeness (QED) is 0.854. The predicted octanol–water partition coefficient (Wildman–Crippen LogP) is 0.876. The Kier molecular flexibility index (Phi) is 3.97. The SMILES string of the molecule is CN(C)c1cc(CNC(=O)CN)c2ccccc2n1. The number of anilines is 1. The number of carbonyl (C=O) groups excluding carboxylic acids is 1. The molecule has 0 radical (unpaired) electrons. The first-order valence-corrected chi connectivity index (χ1v) is 6.14. The number of benzene rings is 1. The van der Waals surface area contributed by atoms with E-state index in [-0.39, 0.29) is 12.5 Å². The van der Waals surface area contributed by atoms with Crippen LogP contribution in [0.15, 0.2) is 30.3 Å². The average molecular weight is 258 g/mol. The molecule has 1 aromatic heterocycles. The third kappa shape index (κ3) is 3.00. The summed E-state index contributed by atoms with van der Waals surface area (Å²) in [5.74, 6) is 0.711. The normalized spacial score (nSPS) is 10.5. The molecule has 0 fully saturated rings. The van der Waals surface area contributed by atoms with Gasteiger partial charge in [0.15, 0.2) is 0 Å². The molecule has 0 bridgehead atoms. The van der Waals surface area contributed by atoms with Crippen LogP contribution in [0.4, 0.5) is 5.82 Å². The molecule has 0 saturated carbocycles. The van der Waals surface area contributed by atoms with Crippen LogP contribution in [0, 0.1) is 0 Å². The van der Waals surface area contributed by atoms with Crippen molar-refractivity contribution in [2.75, 3.05) is 25.5 Å². The molecule has 5 heteroatoms. The molecule has 5 nitrogen and oxygen atoms in total. The second kappa shape index (κ2) is 5.67. The molecular weight excluding hydrogens is 240 g/mol. The van der Waals surface area contributed by atoms with Crippen molar-refractivity contribution in [3.05, 3.63) is 35.9 Å². The molecule has 1 heterocycles. The summed E-state index contributed by atoms with van der Waals surface area (Å²) < 4.78 is 0. The largest absolute Gasteiger partial charge is 0.363 e. The van der Waals surface area contributed by atoms with Crippen molar-refractivity contribution in [1.29, 1.82) is 0 Å². The number of aromatic nitrogens is 1. The molecule has 0 aliphatic rings. The van der Waals surface area contributed by atoms with Crippen molar-refractivity contribution in [3.63, 3.8) is 0 Å². The Hall–Kier alpha value is -2.14. The van der Waals surface area contributed by atoms with E-state index in [0.717, 1.165) is 22.3 Å². The third-order valence-electron chi connectivity index (χ3n) is 2.91. The van der Waals surface area contributed by atoms with Crippen LogP contribution in [0.5, 0.6) is 0 Å². The maximum Gasteiger partial charge on any atom is 0.234 e. The smallest absolute Gasteiger partial charge is 0.234 e. The van der Waals surface area contributed by atoms with Gasteiger partial charge in [0.25, 0.3) is 0 Å². The molecule has 1 aromatic carbocycles. The van der Waals surface area contributed by atoms with Gasteiger partial charge in [0.05, 0.1) is 12.1 Å². The Bertz CT molecular complexity index is 595. The lowest BCUT2D eigenvalue weighted by Crippen LogP contribution is -2.29. The van der Waals surface area contributed by atoms with Gasteiger partial charge in [-0.1, -0.05) is 18.2 Å². The molecule has 0 aliphatic heterocycles. The van der Waals surface area contributed by atoms with Crippen molar-refractivity contribution in [3.8, 4) is 0 Å². The van der Waals surface area contributed by atoms with Crippen molar-refractivity contribution >= 4 is 22.6 Å². The first-order valence-electron chi connectivity index (χ1n) is 6.14. The summed E-state index contributed by atoms with van der Waals surface area (Å²) in [5, 5.41) is 3.84. The standard InChI is InChI=1S/C14H18N4O/c1-18(2)13-7-10(9-16-14(19)8-15)11-5-3-4-6-12(11)17-13/h3-7H,8-9,15H2,1-2H3,(H,16,19). The van der Waals surface area contributed by atoms with E-state index in [1.807, 2.05) is 49.3 Å². The molecule has 0 atom stereocenters. The monoisotopic (exact) mass is 258 g/mol. The Morgan fingerprint density at radius 3 is 2.79 bits per heavy atom. The van der Waals surface area contributed by atoms with Crippen LogP contribution in [0.1, 0.15) is 5.56 Å². The van der Waals surface area contributed by atoms with E-state index in [2.05, 4.69) is 10.3 Å². The fourth-order valence-electron chi connectivity index (χ4n) is 1.87. The highest BCUT2D eigenvalue weighted by atomic mass is 16.1. The van der Waals surface area contributed by atoms with E-state index in [9.17, 15) is 4.79 Å². The maximum absolute atomic E-state index is 11.3. The van der Waals surface area contributed by atoms with Crippen LogP contribution in [0.25, 0.3) is 10.9 Å². The zero-order valence-corrected chi connectivity index (χ0v) is 11.2. The summed E-state index contributed by atoms with van der Waals surface area (Å²) in [5.41, 5.74) is 7.25. The summed E-state index contributed by atoms with van der Waals surface area (Å²) in [4.78, 5) is 17.8. The number of nitrogens with one attached hydrogen (secondary N) is 1. The minimum absolute atomic E-state index is 0.00353. The van der Waals surface area contributed by atoms with Gasteiger partial charge in [0.2, 0.25) is 5.91 Å². The number of nitrogens with two attached hydrogens (primary N) is 1. The zero-order chi connectivity index (χ0) is 13.8. The molecule has 0 spiro atoms. The number of carbonyl (C=O) groups is 1. The number of fused-ring (bicyclic) bond motifs is 1. The molecule has 3 N–H and O–H groups in total. The number of hydrogen-bond donors (Lipinski definition) is 2. The lowest BCUT2D eigenvalue weighted by molar-refractivity contribution is -0.119. The summed E-state index contributed by atoms with van der Waals surface area (Å²) in [6.07, 6.45) is 0. The number of rotatable bonds is 4. The van der Waals surface area contributed by atoms with Gasteiger partial charge in [-0.25, -0.2) is 4.98 Å². The van der Waals surface area contributed by atoms with E-state index in [1.54, 1.807) is 0 Å². The predicted molar refractivity (Wildman–Crippen MR) is 77.0 cm³/mol. The van der Waals surface area contributed by atoms with Gasteiger partial charge in [-0.3, -0.25) is 4.79 Å². The van der Waals surface area contributed by atoms with E-state index in [1.165, 1.54) is 0 Å². The summed E-state index contributed by atoms with van der Waals surface area (Å²) in [6.45, 7) is 0.462. The lowest BCUT2D eigenvalue weighted by atomic mass is 10.1. The summed E-state index contributed by atoms with van der Waals surface area (Å²) >= 11 is 0. The van der Waals surface area contributed by atoms with E-state index in [0.29, 0.717) is 6.54 Å². The van der Waals surface area contributed by atoms with Crippen molar-refractivity contribution < 1.29 is 4.79 Å². The zero-order valence-electron chi connectivity index (χ0n) is 11.2. The van der Waals surface area contributed by atoms with Gasteiger partial charge in [-0.05, 0) is 17.7 Å². The Morgan fingerprint density at radius 2 is 2.11 bits per heavy atom. The Labute approximate surface area is 112 Å². The minimum Gasteiger partial charge on any atom is -0.363 e. The van der Waals surface area contributed by atoms with Crippen LogP contribution in [-0.4, -0.2) is 31.5 Å². The van der Waals surface area contributed by atoms with Crippen LogP contribution in [-0.2, 0) is 11.3 Å². The molecule has 2 aromatic rings. The van der Waals surface area contributed by atoms with Crippen molar-refractivity contribution in [2.45, 2.75) is 6.54 Å². The number of hydrogen-bond acceptors (Lipinski definition) is 4. The van der Waals surface area contributed by atoms with Crippen LogP contribution in [0.2, 0.25) is 0 Å². The average Bonchev–Trinajstić information content (AvgIpc) is 2.43. The summed E-state index contributed by atoms with van der Waals surface area (Å²) in [7, 11) is 3.89. The fourth-order valence-corrected chi connectivity index (χ4v) is 1.87. The van der Waals surface area contributed by atoms with Gasteiger partial charge in [-0.2, -0.15) is 0 Å². The molecule has 1 amide bonds. The lowest BCUT2D eigenvalue weighted by Gasteiger charge is -2.15. The van der Waals surface area contributed by atoms with Gasteiger partial charge in [0.1, 0.15) is 5.82 Å². The molecule has 19 heavy (non-hydrogen) atoms. The Balaban J connectivity index is 2.41. The highest BCUT2D eigenvalue weighted by Crippen LogP contribution is 2.21. The minimum atomic E-state index is -0.160. The highest BCUT2D eigenvalue weighted by Gasteiger charge is 2.07. The van der Waals surface area contributed by atoms with E-state index < -0.39 is 0 Å². The molecule has 0 aliphatic carbocycles. The number of amides is 1. The summed E-state index contributed by atoms with van der Waals surface area (Å²) in [6, 6.07) is 9.88. The van der Waals surface area contributed by atoms with E-state index >= 15 is 0 Å². The van der Waals surface area contributed by atoms with Gasteiger partial charge < -0.3 is 16.0 Å². The van der Waals surface area contributed by atoms with Crippen LogP contribution < -0.4 is 16.0 Å². The van der Waals surface area contributed by atoms with Crippen molar-refractivity contribution in [2.24, 2.45) is 5.73 Å². The molecule has 100 valence electrons. The van der Waals surface area contributed by atoms with Gasteiger partial charge in [0, 0.05) is 26.0 Å². The van der Waals surface area contributed by atoms with E-state index in [4.69, 9.17) is 5.73 Å². The number of nitrogens with zero attached hydrogens (tertiary/aromatic N) is 2. The third-order valence-corrected chi connectivity index (χ3v) is 2.91. The number of para-hydroxylation sites is 1. The molecule has 0 saturated heterocycles.